The van der Waals surface area contributed by atoms with Gasteiger partial charge in [-0.15, -0.1) is 0 Å². The molecule has 2 rings (SSSR count). The smallest absolute Gasteiger partial charge is 0.311 e. The third-order valence-corrected chi connectivity index (χ3v) is 4.65. The maximum Gasteiger partial charge on any atom is 0.311 e. The van der Waals surface area contributed by atoms with E-state index < -0.39 is 0 Å². The molecule has 0 saturated heterocycles. The molecular formula is C13H19BrN4O2. The molecule has 0 radical (unpaired) electrons. The fraction of sp³-hybridized carbons (Fsp3) is 0.615. The van der Waals surface area contributed by atoms with E-state index >= 15 is 0 Å². The van der Waals surface area contributed by atoms with Gasteiger partial charge in [-0.3, -0.25) is 15.1 Å². The van der Waals surface area contributed by atoms with Crippen LogP contribution in [0.1, 0.15) is 25.7 Å². The number of pyridine rings is 1. The van der Waals surface area contributed by atoms with Gasteiger partial charge < -0.3 is 10.6 Å². The second-order valence-corrected chi connectivity index (χ2v) is 6.06. The van der Waals surface area contributed by atoms with Crippen molar-refractivity contribution in [2.24, 2.45) is 11.7 Å². The predicted molar refractivity (Wildman–Crippen MR) is 81.8 cm³/mol. The molecule has 0 aromatic carbocycles. The fourth-order valence-corrected chi connectivity index (χ4v) is 3.64. The summed E-state index contributed by atoms with van der Waals surface area (Å²) in [6.07, 6.45) is 7.33. The molecule has 1 aromatic heterocycles. The lowest BCUT2D eigenvalue weighted by molar-refractivity contribution is -0.384. The molecule has 1 heterocycles. The molecule has 1 fully saturated rings. The van der Waals surface area contributed by atoms with Gasteiger partial charge in [0.05, 0.1) is 9.40 Å². The summed E-state index contributed by atoms with van der Waals surface area (Å²) < 4.78 is 0.649. The van der Waals surface area contributed by atoms with Crippen LogP contribution >= 0.6 is 15.9 Å². The van der Waals surface area contributed by atoms with Gasteiger partial charge >= 0.3 is 5.69 Å². The molecule has 2 unspecified atom stereocenters. The average molecular weight is 343 g/mol. The van der Waals surface area contributed by atoms with Gasteiger partial charge in [-0.2, -0.15) is 0 Å². The minimum Gasteiger partial charge on any atom is -0.365 e. The highest BCUT2D eigenvalue weighted by Gasteiger charge is 2.31. The summed E-state index contributed by atoms with van der Waals surface area (Å²) in [4.78, 5) is 16.7. The number of halogens is 1. The highest BCUT2D eigenvalue weighted by atomic mass is 79.9. The number of nitrogens with two attached hydrogens (primary N) is 1. The Bertz CT molecular complexity index is 497. The van der Waals surface area contributed by atoms with Crippen molar-refractivity contribution in [3.8, 4) is 0 Å². The maximum atomic E-state index is 11.2. The fourth-order valence-electron chi connectivity index (χ4n) is 3.04. The Labute approximate surface area is 126 Å². The van der Waals surface area contributed by atoms with E-state index in [9.17, 15) is 10.1 Å². The van der Waals surface area contributed by atoms with Crippen molar-refractivity contribution in [1.82, 2.24) is 4.98 Å². The van der Waals surface area contributed by atoms with Crippen LogP contribution in [-0.4, -0.2) is 29.5 Å². The molecule has 1 aliphatic rings. The molecule has 1 saturated carbocycles. The molecule has 0 bridgehead atoms. The molecule has 1 aliphatic carbocycles. The number of rotatable bonds is 4. The van der Waals surface area contributed by atoms with E-state index in [0.717, 1.165) is 19.3 Å². The summed E-state index contributed by atoms with van der Waals surface area (Å²) in [6, 6.07) is 0.242. The highest BCUT2D eigenvalue weighted by Crippen LogP contribution is 2.38. The number of hydrogen-bond acceptors (Lipinski definition) is 5. The van der Waals surface area contributed by atoms with Crippen molar-refractivity contribution in [3.05, 3.63) is 27.0 Å². The average Bonchev–Trinajstić information content (AvgIpc) is 2.46. The van der Waals surface area contributed by atoms with Gasteiger partial charge in [-0.25, -0.2) is 0 Å². The van der Waals surface area contributed by atoms with E-state index in [0.29, 0.717) is 22.6 Å². The van der Waals surface area contributed by atoms with Gasteiger partial charge in [0.25, 0.3) is 0 Å². The van der Waals surface area contributed by atoms with Crippen molar-refractivity contribution < 1.29 is 4.92 Å². The van der Waals surface area contributed by atoms with Crippen molar-refractivity contribution >= 4 is 27.3 Å². The molecule has 6 nitrogen and oxygen atoms in total. The lowest BCUT2D eigenvalue weighted by Gasteiger charge is -2.38. The second kappa shape index (κ2) is 6.49. The van der Waals surface area contributed by atoms with Gasteiger partial charge in [0.15, 0.2) is 0 Å². The Morgan fingerprint density at radius 2 is 2.20 bits per heavy atom. The van der Waals surface area contributed by atoms with Crippen LogP contribution < -0.4 is 10.6 Å². The SMILES string of the molecule is CN(c1c(Br)cncc1[N+](=O)[O-])C1CCCCC1CN. The zero-order chi connectivity index (χ0) is 14.7. The van der Waals surface area contributed by atoms with Gasteiger partial charge in [0.2, 0.25) is 0 Å². The Kier molecular flexibility index (Phi) is 4.93. The molecule has 1 aromatic rings. The van der Waals surface area contributed by atoms with Crippen molar-refractivity contribution in [1.29, 1.82) is 0 Å². The van der Waals surface area contributed by atoms with E-state index in [-0.39, 0.29) is 16.7 Å². The number of aromatic nitrogens is 1. The normalized spacial score (nSPS) is 22.6. The Morgan fingerprint density at radius 3 is 2.85 bits per heavy atom. The summed E-state index contributed by atoms with van der Waals surface area (Å²) in [7, 11) is 1.91. The van der Waals surface area contributed by atoms with Crippen molar-refractivity contribution in [2.45, 2.75) is 31.7 Å². The number of nitro groups is 1. The largest absolute Gasteiger partial charge is 0.365 e. The van der Waals surface area contributed by atoms with Crippen LogP contribution in [-0.2, 0) is 0 Å². The van der Waals surface area contributed by atoms with Crippen LogP contribution in [0.5, 0.6) is 0 Å². The Balaban J connectivity index is 2.37. The summed E-state index contributed by atoms with van der Waals surface area (Å²) in [5, 5.41) is 11.2. The van der Waals surface area contributed by atoms with Crippen LogP contribution in [0.25, 0.3) is 0 Å². The quantitative estimate of drug-likeness (QED) is 0.671. The summed E-state index contributed by atoms with van der Waals surface area (Å²) in [5.74, 6) is 0.383. The molecule has 20 heavy (non-hydrogen) atoms. The topological polar surface area (TPSA) is 85.3 Å². The van der Waals surface area contributed by atoms with Crippen molar-refractivity contribution in [2.75, 3.05) is 18.5 Å². The predicted octanol–water partition coefficient (Wildman–Crippen LogP) is 2.71. The van der Waals surface area contributed by atoms with Gasteiger partial charge in [0.1, 0.15) is 11.9 Å². The summed E-state index contributed by atoms with van der Waals surface area (Å²) in [6.45, 7) is 0.617. The number of hydrogen-bond donors (Lipinski definition) is 1. The van der Waals surface area contributed by atoms with Crippen LogP contribution in [0.15, 0.2) is 16.9 Å². The number of nitrogens with zero attached hydrogens (tertiary/aromatic N) is 3. The monoisotopic (exact) mass is 342 g/mol. The molecule has 7 heteroatoms. The number of anilines is 1. The summed E-state index contributed by atoms with van der Waals surface area (Å²) >= 11 is 3.38. The highest BCUT2D eigenvalue weighted by molar-refractivity contribution is 9.10. The van der Waals surface area contributed by atoms with E-state index in [1.807, 2.05) is 11.9 Å². The standard InChI is InChI=1S/C13H19BrN4O2/c1-17(11-5-3-2-4-9(11)6-15)13-10(14)7-16-8-12(13)18(19)20/h7-9,11H,2-6,15H2,1H3. The lowest BCUT2D eigenvalue weighted by atomic mass is 9.83. The third-order valence-electron chi connectivity index (χ3n) is 4.07. The maximum absolute atomic E-state index is 11.2. The van der Waals surface area contributed by atoms with E-state index in [1.165, 1.54) is 12.6 Å². The zero-order valence-electron chi connectivity index (χ0n) is 11.5. The molecule has 110 valence electrons. The Hall–Kier alpha value is -1.21. The molecule has 0 spiro atoms. The van der Waals surface area contributed by atoms with E-state index in [2.05, 4.69) is 20.9 Å². The van der Waals surface area contributed by atoms with Crippen LogP contribution in [0.2, 0.25) is 0 Å². The molecule has 2 N–H and O–H groups in total. The molecule has 0 amide bonds. The lowest BCUT2D eigenvalue weighted by Crippen LogP contribution is -2.43. The first-order chi connectivity index (χ1) is 9.56. The van der Waals surface area contributed by atoms with Gasteiger partial charge in [-0.05, 0) is 41.2 Å². The first-order valence-electron chi connectivity index (χ1n) is 6.77. The van der Waals surface area contributed by atoms with Crippen LogP contribution in [0.3, 0.4) is 0 Å². The first kappa shape index (κ1) is 15.2. The molecular weight excluding hydrogens is 324 g/mol. The van der Waals surface area contributed by atoms with Crippen molar-refractivity contribution in [3.63, 3.8) is 0 Å². The minimum atomic E-state index is -0.385. The molecule has 0 aliphatic heterocycles. The van der Waals surface area contributed by atoms with E-state index in [1.54, 1.807) is 6.20 Å². The van der Waals surface area contributed by atoms with Gasteiger partial charge in [0, 0.05) is 19.3 Å². The third kappa shape index (κ3) is 2.93. The van der Waals surface area contributed by atoms with Gasteiger partial charge in [-0.1, -0.05) is 12.8 Å². The molecule has 2 atom stereocenters. The Morgan fingerprint density at radius 1 is 1.50 bits per heavy atom. The van der Waals surface area contributed by atoms with Crippen LogP contribution in [0, 0.1) is 16.0 Å². The second-order valence-electron chi connectivity index (χ2n) is 5.20. The van der Waals surface area contributed by atoms with Crippen LogP contribution in [0.4, 0.5) is 11.4 Å². The minimum absolute atomic E-state index is 0.0308. The first-order valence-corrected chi connectivity index (χ1v) is 7.56. The summed E-state index contributed by atoms with van der Waals surface area (Å²) in [5.41, 5.74) is 6.48. The van der Waals surface area contributed by atoms with E-state index in [4.69, 9.17) is 5.73 Å². The zero-order valence-corrected chi connectivity index (χ0v) is 13.0.